The van der Waals surface area contributed by atoms with E-state index in [0.29, 0.717) is 17.7 Å². The molecule has 126 valence electrons. The largest absolute Gasteiger partial charge is 0.330 e. The van der Waals surface area contributed by atoms with E-state index in [4.69, 9.17) is 10.6 Å². The third kappa shape index (κ3) is 3.18. The molecule has 0 aliphatic carbocycles. The first-order valence-corrected chi connectivity index (χ1v) is 8.47. The van der Waals surface area contributed by atoms with Crippen LogP contribution in [0.3, 0.4) is 0 Å². The summed E-state index contributed by atoms with van der Waals surface area (Å²) in [7, 11) is 0. The summed E-state index contributed by atoms with van der Waals surface area (Å²) in [6, 6.07) is 10.9. The monoisotopic (exact) mass is 326 g/mol. The summed E-state index contributed by atoms with van der Waals surface area (Å²) in [5.74, 6) is -0.764. The molecule has 3 rings (SSSR count). The normalized spacial score (nSPS) is 13.8. The fourth-order valence-corrected chi connectivity index (χ4v) is 3.06. The van der Waals surface area contributed by atoms with Gasteiger partial charge in [-0.15, -0.1) is 5.06 Å². The van der Waals surface area contributed by atoms with Crippen LogP contribution in [0.5, 0.6) is 0 Å². The van der Waals surface area contributed by atoms with Crippen LogP contribution in [0.4, 0.5) is 0 Å². The molecule has 24 heavy (non-hydrogen) atoms. The average molecular weight is 326 g/mol. The number of unbranched alkanes of at least 4 members (excludes halogenated alkanes) is 4. The molecule has 1 heterocycles. The van der Waals surface area contributed by atoms with Crippen molar-refractivity contribution < 1.29 is 14.4 Å². The predicted octanol–water partition coefficient (Wildman–Crippen LogP) is 3.28. The number of carbonyl (C=O) groups is 2. The first-order chi connectivity index (χ1) is 11.7. The predicted molar refractivity (Wildman–Crippen MR) is 92.5 cm³/mol. The van der Waals surface area contributed by atoms with E-state index in [-0.39, 0.29) is 11.8 Å². The van der Waals surface area contributed by atoms with Gasteiger partial charge in [-0.2, -0.15) is 0 Å². The maximum atomic E-state index is 12.6. The molecule has 2 aromatic carbocycles. The number of hydrogen-bond donors (Lipinski definition) is 1. The maximum absolute atomic E-state index is 12.6. The number of carbonyl (C=O) groups excluding carboxylic acids is 2. The van der Waals surface area contributed by atoms with Crippen molar-refractivity contribution in [1.82, 2.24) is 5.06 Å². The molecule has 0 bridgehead atoms. The number of hydrogen-bond acceptors (Lipinski definition) is 4. The van der Waals surface area contributed by atoms with Gasteiger partial charge in [0.15, 0.2) is 0 Å². The standard InChI is InChI=1S/C19H22N2O3/c20-12-4-2-1-3-5-13-24-21-18(22)15-10-6-8-14-9-7-11-16(17(14)15)19(21)23/h6-11H,1-5,12-13,20H2. The Kier molecular flexibility index (Phi) is 5.23. The first kappa shape index (κ1) is 16.6. The van der Waals surface area contributed by atoms with E-state index < -0.39 is 0 Å². The molecule has 1 aliphatic heterocycles. The van der Waals surface area contributed by atoms with Crippen LogP contribution in [0, 0.1) is 0 Å². The van der Waals surface area contributed by atoms with Gasteiger partial charge in [-0.1, -0.05) is 43.5 Å². The van der Waals surface area contributed by atoms with Crippen molar-refractivity contribution in [3.63, 3.8) is 0 Å². The summed E-state index contributed by atoms with van der Waals surface area (Å²) >= 11 is 0. The summed E-state index contributed by atoms with van der Waals surface area (Å²) in [5.41, 5.74) is 6.50. The number of amides is 2. The Hall–Kier alpha value is -2.24. The second kappa shape index (κ2) is 7.55. The lowest BCUT2D eigenvalue weighted by molar-refractivity contribution is -0.0961. The quantitative estimate of drug-likeness (QED) is 0.597. The molecule has 2 aromatic rings. The van der Waals surface area contributed by atoms with Crippen LogP contribution in [0.25, 0.3) is 10.8 Å². The van der Waals surface area contributed by atoms with Crippen LogP contribution in [0.15, 0.2) is 36.4 Å². The van der Waals surface area contributed by atoms with Gasteiger partial charge in [0.2, 0.25) is 0 Å². The molecule has 2 N–H and O–H groups in total. The molecule has 0 radical (unpaired) electrons. The summed E-state index contributed by atoms with van der Waals surface area (Å²) in [4.78, 5) is 30.7. The molecule has 0 unspecified atom stereocenters. The van der Waals surface area contributed by atoms with Gasteiger partial charge in [0.1, 0.15) is 0 Å². The number of rotatable bonds is 8. The molecular formula is C19H22N2O3. The van der Waals surface area contributed by atoms with Crippen LogP contribution >= 0.6 is 0 Å². The van der Waals surface area contributed by atoms with Crippen molar-refractivity contribution in [2.24, 2.45) is 5.73 Å². The third-order valence-electron chi connectivity index (χ3n) is 4.30. The highest BCUT2D eigenvalue weighted by Crippen LogP contribution is 2.30. The molecule has 0 spiro atoms. The van der Waals surface area contributed by atoms with E-state index in [1.54, 1.807) is 12.1 Å². The van der Waals surface area contributed by atoms with Crippen molar-refractivity contribution in [2.75, 3.05) is 13.2 Å². The number of benzene rings is 2. The Labute approximate surface area is 141 Å². The van der Waals surface area contributed by atoms with Crippen LogP contribution in [0.2, 0.25) is 0 Å². The first-order valence-electron chi connectivity index (χ1n) is 8.47. The van der Waals surface area contributed by atoms with E-state index >= 15 is 0 Å². The lowest BCUT2D eigenvalue weighted by atomic mass is 9.95. The second-order valence-corrected chi connectivity index (χ2v) is 6.00. The van der Waals surface area contributed by atoms with Gasteiger partial charge in [0.25, 0.3) is 11.8 Å². The minimum absolute atomic E-state index is 0.359. The van der Waals surface area contributed by atoms with Gasteiger partial charge in [-0.05, 0) is 36.9 Å². The van der Waals surface area contributed by atoms with Gasteiger partial charge in [-0.3, -0.25) is 14.4 Å². The highest BCUT2D eigenvalue weighted by molar-refractivity contribution is 6.24. The third-order valence-corrected chi connectivity index (χ3v) is 4.30. The number of nitrogens with zero attached hydrogens (tertiary/aromatic N) is 1. The van der Waals surface area contributed by atoms with Crippen LogP contribution in [-0.4, -0.2) is 30.0 Å². The Morgan fingerprint density at radius 1 is 0.833 bits per heavy atom. The highest BCUT2D eigenvalue weighted by atomic mass is 16.7. The molecular weight excluding hydrogens is 304 g/mol. The summed E-state index contributed by atoms with van der Waals surface area (Å²) in [6.07, 6.45) is 5.04. The van der Waals surface area contributed by atoms with Crippen molar-refractivity contribution in [2.45, 2.75) is 32.1 Å². The van der Waals surface area contributed by atoms with Gasteiger partial charge < -0.3 is 5.73 Å². The molecule has 0 fully saturated rings. The van der Waals surface area contributed by atoms with E-state index in [9.17, 15) is 9.59 Å². The molecule has 0 aromatic heterocycles. The average Bonchev–Trinajstić information content (AvgIpc) is 2.61. The zero-order valence-corrected chi connectivity index (χ0v) is 13.7. The number of imide groups is 1. The molecule has 1 aliphatic rings. The Morgan fingerprint density at radius 2 is 1.42 bits per heavy atom. The second-order valence-electron chi connectivity index (χ2n) is 6.00. The smallest absolute Gasteiger partial charge is 0.285 e. The van der Waals surface area contributed by atoms with Crippen LogP contribution in [-0.2, 0) is 4.84 Å². The molecule has 5 heteroatoms. The van der Waals surface area contributed by atoms with Gasteiger partial charge in [-0.25, -0.2) is 0 Å². The zero-order chi connectivity index (χ0) is 16.9. The van der Waals surface area contributed by atoms with Crippen molar-refractivity contribution >= 4 is 22.6 Å². The lowest BCUT2D eigenvalue weighted by Crippen LogP contribution is -2.40. The van der Waals surface area contributed by atoms with Crippen molar-refractivity contribution in [1.29, 1.82) is 0 Å². The molecule has 0 saturated heterocycles. The molecule has 5 nitrogen and oxygen atoms in total. The van der Waals surface area contributed by atoms with E-state index in [2.05, 4.69) is 0 Å². The summed E-state index contributed by atoms with van der Waals surface area (Å²) < 4.78 is 0. The summed E-state index contributed by atoms with van der Waals surface area (Å²) in [5, 5.41) is 2.53. The fourth-order valence-electron chi connectivity index (χ4n) is 3.06. The van der Waals surface area contributed by atoms with E-state index in [1.807, 2.05) is 24.3 Å². The lowest BCUT2D eigenvalue weighted by Gasteiger charge is -2.26. The number of nitrogens with two attached hydrogens (primary N) is 1. The maximum Gasteiger partial charge on any atom is 0.285 e. The minimum Gasteiger partial charge on any atom is -0.330 e. The topological polar surface area (TPSA) is 72.6 Å². The minimum atomic E-state index is -0.382. The Morgan fingerprint density at radius 3 is 2.04 bits per heavy atom. The molecule has 0 saturated carbocycles. The van der Waals surface area contributed by atoms with Gasteiger partial charge in [0, 0.05) is 5.39 Å². The number of hydroxylamine groups is 2. The highest BCUT2D eigenvalue weighted by Gasteiger charge is 2.33. The fraction of sp³-hybridized carbons (Fsp3) is 0.368. The van der Waals surface area contributed by atoms with E-state index in [1.165, 1.54) is 0 Å². The molecule has 2 amide bonds. The molecule has 0 atom stereocenters. The van der Waals surface area contributed by atoms with E-state index in [0.717, 1.165) is 54.5 Å². The van der Waals surface area contributed by atoms with Crippen LogP contribution < -0.4 is 5.73 Å². The SMILES string of the molecule is NCCCCCCCON1C(=O)c2cccc3cccc(c23)C1=O. The van der Waals surface area contributed by atoms with Gasteiger partial charge in [0.05, 0.1) is 17.7 Å². The zero-order valence-electron chi connectivity index (χ0n) is 13.7. The van der Waals surface area contributed by atoms with Crippen molar-refractivity contribution in [3.05, 3.63) is 47.5 Å². The Bertz CT molecular complexity index is 707. The van der Waals surface area contributed by atoms with Crippen LogP contribution in [0.1, 0.15) is 52.8 Å². The summed E-state index contributed by atoms with van der Waals surface area (Å²) in [6.45, 7) is 1.08. The van der Waals surface area contributed by atoms with Gasteiger partial charge >= 0.3 is 0 Å². The van der Waals surface area contributed by atoms with Crippen molar-refractivity contribution in [3.8, 4) is 0 Å². The Balaban J connectivity index is 1.67.